The largest absolute Gasteiger partial charge is 0.484 e. The van der Waals surface area contributed by atoms with Gasteiger partial charge in [-0.25, -0.2) is 14.0 Å². The molecule has 0 fully saturated rings. The number of hydrogen-bond acceptors (Lipinski definition) is 4. The second-order valence-electron chi connectivity index (χ2n) is 7.61. The van der Waals surface area contributed by atoms with Gasteiger partial charge in [-0.05, 0) is 48.4 Å². The Bertz CT molecular complexity index is 1030. The summed E-state index contributed by atoms with van der Waals surface area (Å²) in [5.74, 6) is -0.945. The van der Waals surface area contributed by atoms with E-state index in [2.05, 4.69) is 11.5 Å². The third kappa shape index (κ3) is 5.44. The van der Waals surface area contributed by atoms with Crippen LogP contribution >= 0.6 is 0 Å². The lowest BCUT2D eigenvalue weighted by Crippen LogP contribution is -2.47. The van der Waals surface area contributed by atoms with E-state index in [1.165, 1.54) is 24.3 Å². The molecule has 0 bridgehead atoms. The predicted molar refractivity (Wildman–Crippen MR) is 115 cm³/mol. The van der Waals surface area contributed by atoms with Gasteiger partial charge in [0.15, 0.2) is 12.3 Å². The summed E-state index contributed by atoms with van der Waals surface area (Å²) in [6, 6.07) is 11.2. The summed E-state index contributed by atoms with van der Waals surface area (Å²) in [4.78, 5) is 25.2. The van der Waals surface area contributed by atoms with Crippen LogP contribution in [-0.2, 0) is 4.79 Å². The van der Waals surface area contributed by atoms with Crippen LogP contribution in [-0.4, -0.2) is 58.3 Å². The maximum absolute atomic E-state index is 14.2. The van der Waals surface area contributed by atoms with Crippen molar-refractivity contribution >= 4 is 17.6 Å². The van der Waals surface area contributed by atoms with Crippen LogP contribution in [0.3, 0.4) is 0 Å². The van der Waals surface area contributed by atoms with E-state index < -0.39 is 12.1 Å². The van der Waals surface area contributed by atoms with E-state index in [0.29, 0.717) is 43.1 Å². The van der Waals surface area contributed by atoms with E-state index >= 15 is 0 Å². The van der Waals surface area contributed by atoms with Crippen molar-refractivity contribution in [1.82, 2.24) is 4.90 Å². The molecule has 0 aromatic heterocycles. The lowest BCUT2D eigenvalue weighted by molar-refractivity contribution is -0.451. The topological polar surface area (TPSA) is 69.8 Å². The van der Waals surface area contributed by atoms with Gasteiger partial charge in [-0.3, -0.25) is 4.90 Å². The highest BCUT2D eigenvalue weighted by molar-refractivity contribution is 5.89. The number of carboxylic acid groups (broad SMARTS) is 1. The van der Waals surface area contributed by atoms with Crippen molar-refractivity contribution in [3.63, 3.8) is 0 Å². The van der Waals surface area contributed by atoms with Crippen LogP contribution in [0.25, 0.3) is 0 Å². The number of rotatable bonds is 7. The van der Waals surface area contributed by atoms with E-state index in [9.17, 15) is 14.0 Å². The fourth-order valence-electron chi connectivity index (χ4n) is 3.58. The van der Waals surface area contributed by atoms with Crippen LogP contribution in [0.2, 0.25) is 0 Å². The zero-order valence-corrected chi connectivity index (χ0v) is 17.7. The molecule has 0 spiro atoms. The highest BCUT2D eigenvalue weighted by atomic mass is 19.1. The summed E-state index contributed by atoms with van der Waals surface area (Å²) in [7, 11) is 0. The van der Waals surface area contributed by atoms with Gasteiger partial charge in [0.25, 0.3) is 0 Å². The Morgan fingerprint density at radius 1 is 1.26 bits per heavy atom. The molecule has 0 saturated carbocycles. The summed E-state index contributed by atoms with van der Waals surface area (Å²) in [5.41, 5.74) is 2.32. The van der Waals surface area contributed by atoms with Gasteiger partial charge in [0.2, 0.25) is 0 Å². The number of nitrogens with zero attached hydrogens (tertiary/aromatic N) is 2. The van der Waals surface area contributed by atoms with Gasteiger partial charge in [0, 0.05) is 19.5 Å². The first kappa shape index (κ1) is 22.4. The summed E-state index contributed by atoms with van der Waals surface area (Å²) in [6.45, 7) is 9.39. The highest BCUT2D eigenvalue weighted by Gasteiger charge is 2.29. The molecule has 31 heavy (non-hydrogen) atoms. The molecule has 1 atom stereocenters. The average Bonchev–Trinajstić information content (AvgIpc) is 2.75. The molecule has 3 rings (SSSR count). The number of carboxylic acids is 1. The maximum Gasteiger partial charge on any atom is 0.411 e. The van der Waals surface area contributed by atoms with E-state index in [1.54, 1.807) is 29.7 Å². The molecule has 1 N–H and O–H groups in total. The van der Waals surface area contributed by atoms with E-state index in [1.807, 2.05) is 13.0 Å². The van der Waals surface area contributed by atoms with Gasteiger partial charge in [-0.15, -0.1) is 0 Å². The van der Waals surface area contributed by atoms with Crippen molar-refractivity contribution < 1.29 is 28.4 Å². The van der Waals surface area contributed by atoms with Crippen molar-refractivity contribution in [2.45, 2.75) is 20.0 Å². The lowest BCUT2D eigenvalue weighted by atomic mass is 10.1. The molecular formula is C24H26FN2O4+. The molecule has 1 amide bonds. The van der Waals surface area contributed by atoms with E-state index in [4.69, 9.17) is 9.84 Å². The molecule has 1 aliphatic heterocycles. The van der Waals surface area contributed by atoms with Gasteiger partial charge in [-0.1, -0.05) is 18.7 Å². The molecule has 162 valence electrons. The van der Waals surface area contributed by atoms with Crippen LogP contribution < -0.4 is 4.74 Å². The maximum atomic E-state index is 14.2. The van der Waals surface area contributed by atoms with Crippen LogP contribution in [0.15, 0.2) is 55.1 Å². The number of aryl methyl sites for hydroxylation is 1. The molecule has 2 aromatic rings. The Morgan fingerprint density at radius 3 is 2.55 bits per heavy atom. The number of benzene rings is 2. The van der Waals surface area contributed by atoms with Crippen LogP contribution in [0, 0.1) is 12.7 Å². The monoisotopic (exact) mass is 425 g/mol. The lowest BCUT2D eigenvalue weighted by Gasteiger charge is -2.29. The molecule has 1 aliphatic rings. The smallest absolute Gasteiger partial charge is 0.411 e. The van der Waals surface area contributed by atoms with Crippen molar-refractivity contribution in [2.24, 2.45) is 0 Å². The molecule has 2 aromatic carbocycles. The standard InChI is InChI=1S/C24H25FN2O4/c1-4-23(28)27-12-11-26(14-17(27)3)15-22(19-6-5-16(2)21(25)13-19)31-20-9-7-18(8-10-20)24(29)30/h4-10,13,22H,1,11-12,14-15H2,2-3H3/p+1. The summed E-state index contributed by atoms with van der Waals surface area (Å²) in [5, 5.41) is 9.09. The zero-order chi connectivity index (χ0) is 22.5. The molecule has 0 radical (unpaired) electrons. The summed E-state index contributed by atoms with van der Waals surface area (Å²) < 4.78 is 22.1. The Kier molecular flexibility index (Phi) is 6.97. The van der Waals surface area contributed by atoms with Crippen molar-refractivity contribution in [2.75, 3.05) is 26.2 Å². The van der Waals surface area contributed by atoms with Crippen molar-refractivity contribution in [1.29, 1.82) is 0 Å². The first-order valence-corrected chi connectivity index (χ1v) is 10.0. The SMILES string of the molecule is C=CC(=O)[N+]1=C(C)CN(CC(Oc2ccc(C(=O)O)cc2)c2ccc(C)c(F)c2)CC1. The number of carbonyl (C=O) groups excluding carboxylic acids is 1. The first-order valence-electron chi connectivity index (χ1n) is 10.0. The van der Waals surface area contributed by atoms with Gasteiger partial charge < -0.3 is 9.84 Å². The van der Waals surface area contributed by atoms with Crippen molar-refractivity contribution in [3.05, 3.63) is 77.6 Å². The van der Waals surface area contributed by atoms with Crippen molar-refractivity contribution in [3.8, 4) is 5.75 Å². The van der Waals surface area contributed by atoms with E-state index in [-0.39, 0.29) is 17.3 Å². The Hall–Kier alpha value is -3.32. The summed E-state index contributed by atoms with van der Waals surface area (Å²) in [6.07, 6.45) is 0.834. The molecule has 7 heteroatoms. The third-order valence-electron chi connectivity index (χ3n) is 5.36. The minimum absolute atomic E-state index is 0.121. The molecule has 0 saturated heterocycles. The summed E-state index contributed by atoms with van der Waals surface area (Å²) >= 11 is 0. The van der Waals surface area contributed by atoms with E-state index in [0.717, 1.165) is 5.71 Å². The number of carbonyl (C=O) groups is 2. The normalized spacial score (nSPS) is 15.5. The fraction of sp³-hybridized carbons (Fsp3) is 0.292. The minimum atomic E-state index is -1.01. The number of hydrogen-bond donors (Lipinski definition) is 1. The Labute approximate surface area is 180 Å². The van der Waals surface area contributed by atoms with Crippen LogP contribution in [0.5, 0.6) is 5.75 Å². The van der Waals surface area contributed by atoms with Gasteiger partial charge in [0.05, 0.1) is 18.7 Å². The predicted octanol–water partition coefficient (Wildman–Crippen LogP) is 3.45. The number of aromatic carboxylic acids is 1. The van der Waals surface area contributed by atoms with Gasteiger partial charge in [-0.2, -0.15) is 4.58 Å². The molecule has 0 aliphatic carbocycles. The van der Waals surface area contributed by atoms with Crippen LogP contribution in [0.1, 0.15) is 34.5 Å². The quantitative estimate of drug-likeness (QED) is 0.544. The minimum Gasteiger partial charge on any atom is -0.484 e. The number of halogens is 1. The number of amides is 1. The molecule has 6 nitrogen and oxygen atoms in total. The Morgan fingerprint density at radius 2 is 1.97 bits per heavy atom. The van der Waals surface area contributed by atoms with Gasteiger partial charge in [0.1, 0.15) is 17.7 Å². The molecule has 1 heterocycles. The fourth-order valence-corrected chi connectivity index (χ4v) is 3.58. The second kappa shape index (κ2) is 9.66. The third-order valence-corrected chi connectivity index (χ3v) is 5.36. The Balaban J connectivity index is 1.83. The van der Waals surface area contributed by atoms with Gasteiger partial charge >= 0.3 is 11.9 Å². The van der Waals surface area contributed by atoms with Crippen LogP contribution in [0.4, 0.5) is 4.39 Å². The second-order valence-corrected chi connectivity index (χ2v) is 7.61. The average molecular weight is 425 g/mol. The highest BCUT2D eigenvalue weighted by Crippen LogP contribution is 2.25. The molecule has 1 unspecified atom stereocenters. The zero-order valence-electron chi connectivity index (χ0n) is 17.7. The first-order chi connectivity index (χ1) is 14.8. The number of ether oxygens (including phenoxy) is 1. The molecular weight excluding hydrogens is 399 g/mol.